The van der Waals surface area contributed by atoms with Crippen LogP contribution in [0.4, 0.5) is 10.1 Å². The third kappa shape index (κ3) is 3.72. The summed E-state index contributed by atoms with van der Waals surface area (Å²) >= 11 is 5.77. The quantitative estimate of drug-likeness (QED) is 0.771. The summed E-state index contributed by atoms with van der Waals surface area (Å²) in [5, 5.41) is 2.81. The molecule has 0 aliphatic rings. The third-order valence-corrected chi connectivity index (χ3v) is 1.94. The van der Waals surface area contributed by atoms with E-state index in [2.05, 4.69) is 5.32 Å². The zero-order chi connectivity index (χ0) is 11.4. The van der Waals surface area contributed by atoms with Gasteiger partial charge in [0.1, 0.15) is 5.82 Å². The first-order valence-corrected chi connectivity index (χ1v) is 4.78. The number of benzene rings is 1. The number of amides is 1. The van der Waals surface area contributed by atoms with Crippen molar-refractivity contribution in [3.05, 3.63) is 40.7 Å². The van der Waals surface area contributed by atoms with E-state index in [4.69, 9.17) is 11.6 Å². The molecule has 1 amide bonds. The summed E-state index contributed by atoms with van der Waals surface area (Å²) in [5.74, 6) is -0.755. The molecule has 0 fully saturated rings. The van der Waals surface area contributed by atoms with Gasteiger partial charge in [-0.1, -0.05) is 17.2 Å². The lowest BCUT2D eigenvalue weighted by Gasteiger charge is -2.04. The van der Waals surface area contributed by atoms with Crippen LogP contribution >= 0.6 is 11.6 Å². The van der Waals surface area contributed by atoms with Crippen molar-refractivity contribution < 1.29 is 9.18 Å². The highest BCUT2D eigenvalue weighted by molar-refractivity contribution is 6.33. The molecule has 0 heterocycles. The lowest BCUT2D eigenvalue weighted by atomic mass is 10.3. The second-order valence-electron chi connectivity index (χ2n) is 3.34. The van der Waals surface area contributed by atoms with Crippen molar-refractivity contribution in [2.75, 3.05) is 5.32 Å². The van der Waals surface area contributed by atoms with Crippen molar-refractivity contribution in [3.8, 4) is 0 Å². The van der Waals surface area contributed by atoms with Crippen LogP contribution in [-0.4, -0.2) is 5.91 Å². The summed E-state index contributed by atoms with van der Waals surface area (Å²) in [6, 6.07) is 3.81. The number of anilines is 1. The minimum atomic E-state index is -0.438. The fourth-order valence-electron chi connectivity index (χ4n) is 1.02. The molecule has 4 heteroatoms. The second-order valence-corrected chi connectivity index (χ2v) is 3.74. The van der Waals surface area contributed by atoms with Gasteiger partial charge >= 0.3 is 0 Å². The number of rotatable bonds is 2. The van der Waals surface area contributed by atoms with E-state index in [1.165, 1.54) is 24.3 Å². The molecule has 0 aliphatic heterocycles. The van der Waals surface area contributed by atoms with E-state index in [0.29, 0.717) is 5.02 Å². The van der Waals surface area contributed by atoms with Crippen molar-refractivity contribution in [3.63, 3.8) is 0 Å². The molecule has 0 saturated heterocycles. The molecule has 0 spiro atoms. The largest absolute Gasteiger partial charge is 0.321 e. The predicted molar refractivity (Wildman–Crippen MR) is 59.5 cm³/mol. The van der Waals surface area contributed by atoms with Gasteiger partial charge in [0, 0.05) is 6.08 Å². The molecule has 1 N–H and O–H groups in total. The van der Waals surface area contributed by atoms with Crippen molar-refractivity contribution in [1.29, 1.82) is 0 Å². The van der Waals surface area contributed by atoms with E-state index in [1.54, 1.807) is 13.8 Å². The predicted octanol–water partition coefficient (Wildman–Crippen LogP) is 3.38. The Kier molecular flexibility index (Phi) is 3.86. The standard InChI is InChI=1S/C11H11ClFNO/c1-7(2)5-11(15)14-10-6-8(13)3-4-9(10)12/h3-6H,1-2H3,(H,14,15). The van der Waals surface area contributed by atoms with Gasteiger partial charge in [-0.2, -0.15) is 0 Å². The van der Waals surface area contributed by atoms with Gasteiger partial charge in [-0.15, -0.1) is 0 Å². The lowest BCUT2D eigenvalue weighted by Crippen LogP contribution is -2.09. The molecule has 1 aromatic rings. The van der Waals surface area contributed by atoms with Gasteiger partial charge in [0.15, 0.2) is 0 Å². The van der Waals surface area contributed by atoms with Crippen molar-refractivity contribution in [2.24, 2.45) is 0 Å². The molecule has 0 saturated carbocycles. The molecule has 0 radical (unpaired) electrons. The minimum absolute atomic E-state index is 0.277. The zero-order valence-electron chi connectivity index (χ0n) is 8.47. The van der Waals surface area contributed by atoms with Crippen LogP contribution < -0.4 is 5.32 Å². The molecule has 2 nitrogen and oxygen atoms in total. The van der Waals surface area contributed by atoms with E-state index in [0.717, 1.165) is 5.57 Å². The average molecular weight is 228 g/mol. The highest BCUT2D eigenvalue weighted by Gasteiger charge is 2.04. The lowest BCUT2D eigenvalue weighted by molar-refractivity contribution is -0.111. The smallest absolute Gasteiger partial charge is 0.248 e. The molecular weight excluding hydrogens is 217 g/mol. The highest BCUT2D eigenvalue weighted by Crippen LogP contribution is 2.22. The summed E-state index contributed by atoms with van der Waals surface area (Å²) in [5.41, 5.74) is 1.14. The van der Waals surface area contributed by atoms with Crippen LogP contribution in [0.25, 0.3) is 0 Å². The fourth-order valence-corrected chi connectivity index (χ4v) is 1.19. The Morgan fingerprint density at radius 1 is 1.47 bits per heavy atom. The zero-order valence-corrected chi connectivity index (χ0v) is 9.23. The van der Waals surface area contributed by atoms with E-state index in [-0.39, 0.29) is 11.6 Å². The van der Waals surface area contributed by atoms with E-state index < -0.39 is 5.82 Å². The number of halogens is 2. The number of hydrogen-bond donors (Lipinski definition) is 1. The van der Waals surface area contributed by atoms with Crippen LogP contribution in [0.3, 0.4) is 0 Å². The van der Waals surface area contributed by atoms with Crippen molar-refractivity contribution >= 4 is 23.2 Å². The van der Waals surface area contributed by atoms with Crippen LogP contribution in [0, 0.1) is 5.82 Å². The Hall–Kier alpha value is -1.35. The summed E-state index contributed by atoms with van der Waals surface area (Å²) in [6.07, 6.45) is 1.42. The normalized spacial score (nSPS) is 9.60. The Morgan fingerprint density at radius 3 is 2.73 bits per heavy atom. The van der Waals surface area contributed by atoms with Gasteiger partial charge < -0.3 is 5.32 Å². The molecule has 0 atom stereocenters. The van der Waals surface area contributed by atoms with Crippen LogP contribution in [-0.2, 0) is 4.79 Å². The maximum Gasteiger partial charge on any atom is 0.248 e. The van der Waals surface area contributed by atoms with Crippen LogP contribution in [0.5, 0.6) is 0 Å². The third-order valence-electron chi connectivity index (χ3n) is 1.61. The van der Waals surface area contributed by atoms with E-state index in [1.807, 2.05) is 0 Å². The van der Waals surface area contributed by atoms with Gasteiger partial charge in [-0.05, 0) is 32.0 Å². The fraction of sp³-hybridized carbons (Fsp3) is 0.182. The first-order chi connectivity index (χ1) is 6.99. The Morgan fingerprint density at radius 2 is 2.13 bits per heavy atom. The van der Waals surface area contributed by atoms with Gasteiger partial charge in [0.25, 0.3) is 0 Å². The molecule has 0 aliphatic carbocycles. The Bertz CT molecular complexity index is 411. The van der Waals surface area contributed by atoms with Crippen molar-refractivity contribution in [1.82, 2.24) is 0 Å². The van der Waals surface area contributed by atoms with Crippen LogP contribution in [0.1, 0.15) is 13.8 Å². The average Bonchev–Trinajstić information content (AvgIpc) is 2.10. The molecule has 80 valence electrons. The Labute approximate surface area is 92.7 Å². The van der Waals surface area contributed by atoms with Gasteiger partial charge in [-0.25, -0.2) is 4.39 Å². The summed E-state index contributed by atoms with van der Waals surface area (Å²) < 4.78 is 12.8. The van der Waals surface area contributed by atoms with Gasteiger partial charge in [-0.3, -0.25) is 4.79 Å². The number of carbonyl (C=O) groups is 1. The Balaban J connectivity index is 2.85. The van der Waals surface area contributed by atoms with E-state index in [9.17, 15) is 9.18 Å². The number of nitrogens with one attached hydrogen (secondary N) is 1. The first kappa shape index (κ1) is 11.7. The summed E-state index contributed by atoms with van der Waals surface area (Å²) in [6.45, 7) is 3.60. The summed E-state index contributed by atoms with van der Waals surface area (Å²) in [7, 11) is 0. The van der Waals surface area contributed by atoms with Crippen molar-refractivity contribution in [2.45, 2.75) is 13.8 Å². The van der Waals surface area contributed by atoms with Gasteiger partial charge in [0.05, 0.1) is 10.7 Å². The highest BCUT2D eigenvalue weighted by atomic mass is 35.5. The molecule has 0 aromatic heterocycles. The first-order valence-electron chi connectivity index (χ1n) is 4.40. The van der Waals surface area contributed by atoms with Crippen LogP contribution in [0.15, 0.2) is 29.8 Å². The second kappa shape index (κ2) is 4.94. The summed E-state index contributed by atoms with van der Waals surface area (Å²) in [4.78, 5) is 11.3. The molecule has 15 heavy (non-hydrogen) atoms. The molecule has 1 rings (SSSR count). The van der Waals surface area contributed by atoms with E-state index >= 15 is 0 Å². The van der Waals surface area contributed by atoms with Gasteiger partial charge in [0.2, 0.25) is 5.91 Å². The number of hydrogen-bond acceptors (Lipinski definition) is 1. The number of allylic oxidation sites excluding steroid dienone is 1. The molecular formula is C11H11ClFNO. The molecule has 0 bridgehead atoms. The topological polar surface area (TPSA) is 29.1 Å². The maximum absolute atomic E-state index is 12.8. The molecule has 1 aromatic carbocycles. The monoisotopic (exact) mass is 227 g/mol. The minimum Gasteiger partial charge on any atom is -0.321 e. The maximum atomic E-state index is 12.8. The molecule has 0 unspecified atom stereocenters. The SMILES string of the molecule is CC(C)=CC(=O)Nc1cc(F)ccc1Cl. The number of carbonyl (C=O) groups excluding carboxylic acids is 1. The van der Waals surface area contributed by atoms with Crippen LogP contribution in [0.2, 0.25) is 5.02 Å².